The zero-order chi connectivity index (χ0) is 19.2. The number of hydrogen-bond donors (Lipinski definition) is 1. The second-order valence-electron chi connectivity index (χ2n) is 5.48. The predicted molar refractivity (Wildman–Crippen MR) is 98.7 cm³/mol. The Hall–Kier alpha value is -3.05. The van der Waals surface area contributed by atoms with Crippen molar-refractivity contribution in [3.05, 3.63) is 59.7 Å². The van der Waals surface area contributed by atoms with Gasteiger partial charge in [-0.2, -0.15) is 5.26 Å². The monoisotopic (exact) mass is 373 g/mol. The molecule has 8 heteroatoms. The molecule has 136 valence electrons. The molecular weight excluding hydrogens is 354 g/mol. The summed E-state index contributed by atoms with van der Waals surface area (Å²) in [6.07, 6.45) is 1.09. The molecule has 2 rings (SSSR count). The molecule has 26 heavy (non-hydrogen) atoms. The van der Waals surface area contributed by atoms with E-state index < -0.39 is 10.0 Å². The highest BCUT2D eigenvalue weighted by Crippen LogP contribution is 2.17. The maximum atomic E-state index is 12.1. The molecule has 0 saturated heterocycles. The zero-order valence-corrected chi connectivity index (χ0v) is 15.3. The Labute approximate surface area is 152 Å². The van der Waals surface area contributed by atoms with Gasteiger partial charge < -0.3 is 10.1 Å². The van der Waals surface area contributed by atoms with Crippen LogP contribution in [0.15, 0.2) is 48.5 Å². The fourth-order valence-corrected chi connectivity index (χ4v) is 3.23. The van der Waals surface area contributed by atoms with E-state index in [0.717, 1.165) is 6.26 Å². The van der Waals surface area contributed by atoms with E-state index in [1.807, 2.05) is 6.07 Å². The molecule has 0 spiro atoms. The first-order chi connectivity index (χ1) is 12.3. The molecule has 1 N–H and O–H groups in total. The van der Waals surface area contributed by atoms with Crippen molar-refractivity contribution in [1.29, 1.82) is 5.26 Å². The van der Waals surface area contributed by atoms with E-state index >= 15 is 0 Å². The molecule has 0 heterocycles. The summed E-state index contributed by atoms with van der Waals surface area (Å²) in [4.78, 5) is 12.1. The lowest BCUT2D eigenvalue weighted by Crippen LogP contribution is -2.38. The van der Waals surface area contributed by atoms with Crippen molar-refractivity contribution < 1.29 is 17.9 Å². The van der Waals surface area contributed by atoms with Crippen LogP contribution in [0.25, 0.3) is 0 Å². The average molecular weight is 373 g/mol. The normalized spacial score (nSPS) is 10.7. The molecule has 7 nitrogen and oxygen atoms in total. The van der Waals surface area contributed by atoms with Crippen molar-refractivity contribution in [3.8, 4) is 11.8 Å². The average Bonchev–Trinajstić information content (AvgIpc) is 2.64. The first-order valence-electron chi connectivity index (χ1n) is 7.75. The third-order valence-corrected chi connectivity index (χ3v) is 4.83. The summed E-state index contributed by atoms with van der Waals surface area (Å²) in [6.45, 7) is 0.213. The molecule has 0 unspecified atom stereocenters. The van der Waals surface area contributed by atoms with Gasteiger partial charge in [0.1, 0.15) is 5.75 Å². The molecule has 0 saturated carbocycles. The van der Waals surface area contributed by atoms with E-state index in [2.05, 4.69) is 5.32 Å². The van der Waals surface area contributed by atoms with Crippen LogP contribution in [0.4, 0.5) is 5.69 Å². The van der Waals surface area contributed by atoms with Crippen LogP contribution in [0, 0.1) is 11.3 Å². The molecule has 0 aliphatic heterocycles. The van der Waals surface area contributed by atoms with Crippen LogP contribution >= 0.6 is 0 Å². The molecule has 0 radical (unpaired) electrons. The summed E-state index contributed by atoms with van der Waals surface area (Å²) < 4.78 is 30.3. The maximum Gasteiger partial charge on any atom is 0.251 e. The summed E-state index contributed by atoms with van der Waals surface area (Å²) in [5, 5.41) is 11.5. The van der Waals surface area contributed by atoms with Gasteiger partial charge in [0.05, 0.1) is 37.2 Å². The highest BCUT2D eigenvalue weighted by molar-refractivity contribution is 7.92. The third-order valence-electron chi connectivity index (χ3n) is 3.64. The van der Waals surface area contributed by atoms with Crippen molar-refractivity contribution in [3.63, 3.8) is 0 Å². The third kappa shape index (κ3) is 4.97. The van der Waals surface area contributed by atoms with E-state index in [1.54, 1.807) is 48.5 Å². The lowest BCUT2D eigenvalue weighted by atomic mass is 10.2. The number of hydrogen-bond acceptors (Lipinski definition) is 5. The number of rotatable bonds is 7. The number of carbonyl (C=O) groups excluding carboxylic acids is 1. The molecule has 0 aliphatic rings. The summed E-state index contributed by atoms with van der Waals surface area (Å²) in [6, 6.07) is 14.8. The number of sulfonamides is 1. The fourth-order valence-electron chi connectivity index (χ4n) is 2.30. The smallest absolute Gasteiger partial charge is 0.251 e. The summed E-state index contributed by atoms with van der Waals surface area (Å²) in [5.74, 6) is 0.339. The summed E-state index contributed by atoms with van der Waals surface area (Å²) in [5.41, 5.74) is 1.33. The number of nitriles is 1. The molecule has 2 aromatic carbocycles. The van der Waals surface area contributed by atoms with Crippen molar-refractivity contribution in [1.82, 2.24) is 5.32 Å². The summed E-state index contributed by atoms with van der Waals surface area (Å²) >= 11 is 0. The first-order valence-corrected chi connectivity index (χ1v) is 9.60. The molecule has 0 fully saturated rings. The minimum atomic E-state index is -3.53. The standard InChI is InChI=1S/C18H19N3O4S/c1-25-17-9-5-15(6-10-17)18(22)20-11-12-21(26(2,23)24)16-7-3-14(13-19)4-8-16/h3-10H,11-12H2,1-2H3,(H,20,22). The van der Waals surface area contributed by atoms with Crippen LogP contribution < -0.4 is 14.4 Å². The lowest BCUT2D eigenvalue weighted by Gasteiger charge is -2.22. The van der Waals surface area contributed by atoms with Gasteiger partial charge in [-0.1, -0.05) is 0 Å². The highest BCUT2D eigenvalue weighted by Gasteiger charge is 2.17. The number of nitrogens with one attached hydrogen (secondary N) is 1. The molecule has 2 aromatic rings. The van der Waals surface area contributed by atoms with Gasteiger partial charge in [-0.15, -0.1) is 0 Å². The maximum absolute atomic E-state index is 12.1. The van der Waals surface area contributed by atoms with Crippen molar-refractivity contribution in [2.24, 2.45) is 0 Å². The molecule has 0 atom stereocenters. The fraction of sp³-hybridized carbons (Fsp3) is 0.222. The number of amides is 1. The largest absolute Gasteiger partial charge is 0.497 e. The molecule has 0 bridgehead atoms. The van der Waals surface area contributed by atoms with Gasteiger partial charge in [-0.25, -0.2) is 8.42 Å². The second kappa shape index (κ2) is 8.36. The SMILES string of the molecule is COc1ccc(C(=O)NCCN(c2ccc(C#N)cc2)S(C)(=O)=O)cc1. The van der Waals surface area contributed by atoms with Crippen LogP contribution in [0.5, 0.6) is 5.75 Å². The molecular formula is C18H19N3O4S. The Bertz CT molecular complexity index is 901. The number of anilines is 1. The molecule has 1 amide bonds. The Morgan fingerprint density at radius 1 is 1.15 bits per heavy atom. The van der Waals surface area contributed by atoms with Crippen molar-refractivity contribution in [2.45, 2.75) is 0 Å². The van der Waals surface area contributed by atoms with Crippen LogP contribution in [-0.2, 0) is 10.0 Å². The zero-order valence-electron chi connectivity index (χ0n) is 14.5. The minimum absolute atomic E-state index is 0.0760. The Kier molecular flexibility index (Phi) is 6.20. The van der Waals surface area contributed by atoms with Gasteiger partial charge in [0.25, 0.3) is 5.91 Å². The van der Waals surface area contributed by atoms with Crippen LogP contribution in [0.3, 0.4) is 0 Å². The van der Waals surface area contributed by atoms with Crippen molar-refractivity contribution in [2.75, 3.05) is 30.8 Å². The second-order valence-corrected chi connectivity index (χ2v) is 7.39. The van der Waals surface area contributed by atoms with Gasteiger partial charge >= 0.3 is 0 Å². The number of carbonyl (C=O) groups is 1. The lowest BCUT2D eigenvalue weighted by molar-refractivity contribution is 0.0955. The molecule has 0 aromatic heterocycles. The van der Waals surface area contributed by atoms with E-state index in [9.17, 15) is 13.2 Å². The number of nitrogens with zero attached hydrogens (tertiary/aromatic N) is 2. The number of methoxy groups -OCH3 is 1. The molecule has 0 aliphatic carbocycles. The Morgan fingerprint density at radius 2 is 1.77 bits per heavy atom. The highest BCUT2D eigenvalue weighted by atomic mass is 32.2. The first kappa shape index (κ1) is 19.3. The predicted octanol–water partition coefficient (Wildman–Crippen LogP) is 1.76. The van der Waals surface area contributed by atoms with E-state index in [-0.39, 0.29) is 19.0 Å². The van der Waals surface area contributed by atoms with Crippen LogP contribution in [-0.4, -0.2) is 40.8 Å². The van der Waals surface area contributed by atoms with Gasteiger partial charge in [0, 0.05) is 12.1 Å². The Balaban J connectivity index is 2.03. The van der Waals surface area contributed by atoms with E-state index in [4.69, 9.17) is 10.00 Å². The van der Waals surface area contributed by atoms with Gasteiger partial charge in [-0.3, -0.25) is 9.10 Å². The number of ether oxygens (including phenoxy) is 1. The van der Waals surface area contributed by atoms with Crippen molar-refractivity contribution >= 4 is 21.6 Å². The van der Waals surface area contributed by atoms with Gasteiger partial charge in [0.15, 0.2) is 0 Å². The van der Waals surface area contributed by atoms with E-state index in [0.29, 0.717) is 22.6 Å². The van der Waals surface area contributed by atoms with Crippen LogP contribution in [0.1, 0.15) is 15.9 Å². The van der Waals surface area contributed by atoms with Gasteiger partial charge in [-0.05, 0) is 48.5 Å². The minimum Gasteiger partial charge on any atom is -0.497 e. The van der Waals surface area contributed by atoms with E-state index in [1.165, 1.54) is 11.4 Å². The quantitative estimate of drug-likeness (QED) is 0.797. The van der Waals surface area contributed by atoms with Crippen LogP contribution in [0.2, 0.25) is 0 Å². The number of benzene rings is 2. The summed E-state index contributed by atoms with van der Waals surface area (Å²) in [7, 11) is -1.99. The van der Waals surface area contributed by atoms with Gasteiger partial charge in [0.2, 0.25) is 10.0 Å². The Morgan fingerprint density at radius 3 is 2.27 bits per heavy atom. The topological polar surface area (TPSA) is 99.5 Å².